The molecule has 3 rings (SSSR count). The summed E-state index contributed by atoms with van der Waals surface area (Å²) in [5, 5.41) is 6.34. The summed E-state index contributed by atoms with van der Waals surface area (Å²) in [5.41, 5.74) is 1.38. The summed E-state index contributed by atoms with van der Waals surface area (Å²) >= 11 is 7.42. The van der Waals surface area contributed by atoms with Crippen molar-refractivity contribution in [3.8, 4) is 5.75 Å². The molecule has 2 aliphatic rings. The Hall–Kier alpha value is -1.73. The van der Waals surface area contributed by atoms with Gasteiger partial charge in [0.1, 0.15) is 11.0 Å². The molecule has 26 heavy (non-hydrogen) atoms. The van der Waals surface area contributed by atoms with Gasteiger partial charge in [0.05, 0.1) is 18.8 Å². The van der Waals surface area contributed by atoms with E-state index in [1.165, 1.54) is 31.7 Å². The minimum absolute atomic E-state index is 0.0744. The highest BCUT2D eigenvalue weighted by atomic mass is 35.5. The average molecular weight is 396 g/mol. The third-order valence-corrected chi connectivity index (χ3v) is 6.03. The molecular weight excluding hydrogens is 374 g/mol. The number of benzene rings is 1. The molecule has 2 amide bonds. The number of carbonyl (C=O) groups is 2. The predicted molar refractivity (Wildman–Crippen MR) is 105 cm³/mol. The number of hydrogen-bond acceptors (Lipinski definition) is 5. The molecule has 2 fully saturated rings. The number of thioether (sulfide) groups is 1. The molecule has 140 valence electrons. The number of nitrogens with one attached hydrogen (secondary N) is 2. The van der Waals surface area contributed by atoms with Crippen LogP contribution in [-0.4, -0.2) is 35.4 Å². The number of hydrogen-bond donors (Lipinski definition) is 2. The van der Waals surface area contributed by atoms with Crippen LogP contribution in [0.4, 0.5) is 5.69 Å². The van der Waals surface area contributed by atoms with Crippen molar-refractivity contribution in [1.29, 1.82) is 0 Å². The third kappa shape index (κ3) is 4.51. The molecule has 1 saturated heterocycles. The lowest BCUT2D eigenvalue weighted by molar-refractivity contribution is -0.122. The molecule has 0 unspecified atom stereocenters. The van der Waals surface area contributed by atoms with E-state index in [4.69, 9.17) is 16.3 Å². The quantitative estimate of drug-likeness (QED) is 0.799. The number of halogens is 1. The standard InChI is InChI=1S/C18H22ClN3O3S/c1-10-7-13(14(25-2)8-12(10)19)21-16(23)9-15-17(24)22-18(26-15)20-11-5-3-4-6-11/h7-8,11,15H,3-6,9H2,1-2H3,(H,21,23)(H,20,22,24)/t15-/m1/s1. The highest BCUT2D eigenvalue weighted by Gasteiger charge is 2.33. The zero-order valence-electron chi connectivity index (χ0n) is 14.8. The van der Waals surface area contributed by atoms with E-state index in [1.807, 2.05) is 6.92 Å². The van der Waals surface area contributed by atoms with Crippen LogP contribution >= 0.6 is 23.4 Å². The summed E-state index contributed by atoms with van der Waals surface area (Å²) in [5.74, 6) is 0.0712. The van der Waals surface area contributed by atoms with Gasteiger partial charge in [-0.15, -0.1) is 0 Å². The van der Waals surface area contributed by atoms with Crippen molar-refractivity contribution < 1.29 is 14.3 Å². The van der Waals surface area contributed by atoms with E-state index in [1.54, 1.807) is 12.1 Å². The minimum Gasteiger partial charge on any atom is -0.495 e. The fourth-order valence-electron chi connectivity index (χ4n) is 3.10. The van der Waals surface area contributed by atoms with Crippen LogP contribution in [-0.2, 0) is 9.59 Å². The van der Waals surface area contributed by atoms with E-state index in [0.29, 0.717) is 27.7 Å². The summed E-state index contributed by atoms with van der Waals surface area (Å²) in [7, 11) is 1.52. The number of nitrogens with zero attached hydrogens (tertiary/aromatic N) is 1. The first kappa shape index (κ1) is 19.0. The van der Waals surface area contributed by atoms with Gasteiger partial charge in [-0.1, -0.05) is 36.2 Å². The van der Waals surface area contributed by atoms with Gasteiger partial charge in [-0.05, 0) is 31.4 Å². The number of methoxy groups -OCH3 is 1. The zero-order chi connectivity index (χ0) is 18.7. The molecule has 0 spiro atoms. The summed E-state index contributed by atoms with van der Waals surface area (Å²) in [6.07, 6.45) is 4.59. The van der Waals surface area contributed by atoms with Crippen LogP contribution in [0, 0.1) is 6.92 Å². The van der Waals surface area contributed by atoms with Crippen molar-refractivity contribution >= 4 is 46.0 Å². The molecule has 0 bridgehead atoms. The van der Waals surface area contributed by atoms with Crippen LogP contribution in [0.15, 0.2) is 17.1 Å². The van der Waals surface area contributed by atoms with Crippen LogP contribution in [0.2, 0.25) is 5.02 Å². The Morgan fingerprint density at radius 3 is 2.85 bits per heavy atom. The van der Waals surface area contributed by atoms with E-state index in [-0.39, 0.29) is 18.2 Å². The molecular formula is C18H22ClN3O3S. The Labute approximate surface area is 162 Å². The molecule has 1 aromatic carbocycles. The maximum Gasteiger partial charge on any atom is 0.240 e. The first-order valence-corrected chi connectivity index (χ1v) is 9.91. The number of carbonyl (C=O) groups excluding carboxylic acids is 2. The van der Waals surface area contributed by atoms with Crippen LogP contribution in [0.25, 0.3) is 0 Å². The molecule has 1 aliphatic heterocycles. The van der Waals surface area contributed by atoms with Crippen molar-refractivity contribution in [3.63, 3.8) is 0 Å². The Bertz CT molecular complexity index is 747. The molecule has 1 atom stereocenters. The first-order chi connectivity index (χ1) is 12.5. The maximum absolute atomic E-state index is 12.4. The molecule has 1 heterocycles. The second-order valence-electron chi connectivity index (χ2n) is 6.52. The van der Waals surface area contributed by atoms with E-state index >= 15 is 0 Å². The zero-order valence-corrected chi connectivity index (χ0v) is 16.4. The van der Waals surface area contributed by atoms with Gasteiger partial charge in [0.15, 0.2) is 5.17 Å². The van der Waals surface area contributed by atoms with Gasteiger partial charge in [-0.25, -0.2) is 0 Å². The van der Waals surface area contributed by atoms with Gasteiger partial charge in [0, 0.05) is 17.5 Å². The highest BCUT2D eigenvalue weighted by molar-refractivity contribution is 8.15. The Morgan fingerprint density at radius 1 is 1.42 bits per heavy atom. The molecule has 0 radical (unpaired) electrons. The summed E-state index contributed by atoms with van der Waals surface area (Å²) < 4.78 is 5.26. The fraction of sp³-hybridized carbons (Fsp3) is 0.500. The summed E-state index contributed by atoms with van der Waals surface area (Å²) in [6.45, 7) is 1.85. The maximum atomic E-state index is 12.4. The lowest BCUT2D eigenvalue weighted by Crippen LogP contribution is -2.28. The lowest BCUT2D eigenvalue weighted by Gasteiger charge is -2.13. The SMILES string of the molecule is COc1cc(Cl)c(C)cc1NC(=O)C[C@H]1SC(=NC2CCCC2)NC1=O. The number of anilines is 1. The monoisotopic (exact) mass is 395 g/mol. The molecule has 1 saturated carbocycles. The van der Waals surface area contributed by atoms with Crippen molar-refractivity contribution in [3.05, 3.63) is 22.7 Å². The summed E-state index contributed by atoms with van der Waals surface area (Å²) in [6, 6.07) is 3.72. The van der Waals surface area contributed by atoms with Crippen LogP contribution in [0.5, 0.6) is 5.75 Å². The van der Waals surface area contributed by atoms with Crippen LogP contribution in [0.3, 0.4) is 0 Å². The van der Waals surface area contributed by atoms with Crippen molar-refractivity contribution in [1.82, 2.24) is 5.32 Å². The van der Waals surface area contributed by atoms with Crippen molar-refractivity contribution in [2.24, 2.45) is 4.99 Å². The second-order valence-corrected chi connectivity index (χ2v) is 8.12. The molecule has 1 aromatic rings. The topological polar surface area (TPSA) is 79.8 Å². The third-order valence-electron chi connectivity index (χ3n) is 4.53. The number of amides is 2. The van der Waals surface area contributed by atoms with Gasteiger partial charge >= 0.3 is 0 Å². The molecule has 6 nitrogen and oxygen atoms in total. The Morgan fingerprint density at radius 2 is 2.15 bits per heavy atom. The lowest BCUT2D eigenvalue weighted by atomic mass is 10.2. The van der Waals surface area contributed by atoms with E-state index in [2.05, 4.69) is 15.6 Å². The van der Waals surface area contributed by atoms with Crippen LogP contribution < -0.4 is 15.4 Å². The van der Waals surface area contributed by atoms with Gasteiger partial charge in [-0.2, -0.15) is 0 Å². The molecule has 0 aromatic heterocycles. The molecule has 1 aliphatic carbocycles. The fourth-order valence-corrected chi connectivity index (χ4v) is 4.29. The van der Waals surface area contributed by atoms with E-state index in [9.17, 15) is 9.59 Å². The molecule has 8 heteroatoms. The minimum atomic E-state index is -0.463. The van der Waals surface area contributed by atoms with Crippen LogP contribution in [0.1, 0.15) is 37.7 Å². The van der Waals surface area contributed by atoms with Gasteiger partial charge in [0.2, 0.25) is 11.8 Å². The number of rotatable bonds is 5. The van der Waals surface area contributed by atoms with Gasteiger partial charge < -0.3 is 15.4 Å². The number of aryl methyl sites for hydroxylation is 1. The number of aliphatic imine (C=N–C) groups is 1. The van der Waals surface area contributed by atoms with E-state index in [0.717, 1.165) is 18.4 Å². The smallest absolute Gasteiger partial charge is 0.240 e. The average Bonchev–Trinajstić information content (AvgIpc) is 3.21. The predicted octanol–water partition coefficient (Wildman–Crippen LogP) is 3.52. The largest absolute Gasteiger partial charge is 0.495 e. The Balaban J connectivity index is 1.61. The molecule has 2 N–H and O–H groups in total. The van der Waals surface area contributed by atoms with E-state index < -0.39 is 5.25 Å². The first-order valence-electron chi connectivity index (χ1n) is 8.65. The number of ether oxygens (including phenoxy) is 1. The Kier molecular flexibility index (Phi) is 6.09. The number of amidine groups is 1. The van der Waals surface area contributed by atoms with Crippen molar-refractivity contribution in [2.75, 3.05) is 12.4 Å². The van der Waals surface area contributed by atoms with Gasteiger partial charge in [0.25, 0.3) is 0 Å². The van der Waals surface area contributed by atoms with Gasteiger partial charge in [-0.3, -0.25) is 14.6 Å². The normalized spacial score (nSPS) is 21.9. The van der Waals surface area contributed by atoms with Crippen molar-refractivity contribution in [2.45, 2.75) is 50.3 Å². The summed E-state index contributed by atoms with van der Waals surface area (Å²) in [4.78, 5) is 29.1. The highest BCUT2D eigenvalue weighted by Crippen LogP contribution is 2.32. The second kappa shape index (κ2) is 8.31.